The average molecular weight is 323 g/mol. The molecule has 7 heteroatoms. The molecule has 1 atom stereocenters. The number of methoxy groups -OCH3 is 2. The van der Waals surface area contributed by atoms with E-state index in [-0.39, 0.29) is 6.61 Å². The fraction of sp³-hybridized carbons (Fsp3) is 0.727. The highest BCUT2D eigenvalue weighted by atomic mass is 79.9. The fourth-order valence-electron chi connectivity index (χ4n) is 1.48. The van der Waals surface area contributed by atoms with Gasteiger partial charge in [-0.2, -0.15) is 5.10 Å². The van der Waals surface area contributed by atoms with Crippen molar-refractivity contribution in [2.75, 3.05) is 40.6 Å². The highest BCUT2D eigenvalue weighted by Gasteiger charge is 2.17. The van der Waals surface area contributed by atoms with Crippen LogP contribution in [0.15, 0.2) is 10.7 Å². The van der Waals surface area contributed by atoms with Crippen LogP contribution < -0.4 is 0 Å². The van der Waals surface area contributed by atoms with E-state index in [1.807, 2.05) is 0 Å². The predicted octanol–water partition coefficient (Wildman–Crippen LogP) is 0.988. The molecule has 6 nitrogen and oxygen atoms in total. The highest BCUT2D eigenvalue weighted by molar-refractivity contribution is 9.10. The molecule has 1 N–H and O–H groups in total. The number of rotatable bonds is 9. The van der Waals surface area contributed by atoms with Crippen molar-refractivity contribution in [3.63, 3.8) is 0 Å². The zero-order chi connectivity index (χ0) is 13.4. The summed E-state index contributed by atoms with van der Waals surface area (Å²) in [7, 11) is 3.23. The predicted molar refractivity (Wildman–Crippen MR) is 69.5 cm³/mol. The summed E-state index contributed by atoms with van der Waals surface area (Å²) in [5.74, 6) is 0. The van der Waals surface area contributed by atoms with E-state index in [0.717, 1.165) is 4.47 Å². The van der Waals surface area contributed by atoms with Gasteiger partial charge in [-0.05, 0) is 15.9 Å². The molecular weight excluding hydrogens is 304 g/mol. The van der Waals surface area contributed by atoms with E-state index in [1.165, 1.54) is 0 Å². The molecule has 0 aliphatic carbocycles. The van der Waals surface area contributed by atoms with Crippen LogP contribution in [0.2, 0.25) is 0 Å². The third-order valence-corrected chi connectivity index (χ3v) is 2.97. The minimum atomic E-state index is -0.726. The highest BCUT2D eigenvalue weighted by Crippen LogP contribution is 2.23. The van der Waals surface area contributed by atoms with Gasteiger partial charge in [0.25, 0.3) is 0 Å². The van der Waals surface area contributed by atoms with Gasteiger partial charge in [-0.3, -0.25) is 4.68 Å². The van der Waals surface area contributed by atoms with Gasteiger partial charge < -0.3 is 19.3 Å². The lowest BCUT2D eigenvalue weighted by atomic mass is 10.2. The molecule has 0 saturated carbocycles. The molecule has 0 fully saturated rings. The van der Waals surface area contributed by atoms with Crippen LogP contribution in [0.3, 0.4) is 0 Å². The van der Waals surface area contributed by atoms with Crippen molar-refractivity contribution in [2.45, 2.75) is 12.6 Å². The fourth-order valence-corrected chi connectivity index (χ4v) is 2.04. The summed E-state index contributed by atoms with van der Waals surface area (Å²) >= 11 is 3.37. The van der Waals surface area contributed by atoms with E-state index < -0.39 is 6.10 Å². The Bertz CT molecular complexity index is 346. The second kappa shape index (κ2) is 8.60. The van der Waals surface area contributed by atoms with Crippen molar-refractivity contribution in [1.29, 1.82) is 0 Å². The maximum Gasteiger partial charge on any atom is 0.120 e. The standard InChI is InChI=1S/C11H19BrN2O4/c1-16-4-3-14-11(9(12)7-13-14)10(15)8-18-6-5-17-2/h7,10,15H,3-6,8H2,1-2H3. The molecule has 0 amide bonds. The van der Waals surface area contributed by atoms with Crippen molar-refractivity contribution in [2.24, 2.45) is 0 Å². The van der Waals surface area contributed by atoms with Crippen molar-refractivity contribution < 1.29 is 19.3 Å². The van der Waals surface area contributed by atoms with Gasteiger partial charge in [0.05, 0.1) is 49.3 Å². The third-order valence-electron chi connectivity index (χ3n) is 2.36. The Kier molecular flexibility index (Phi) is 7.45. The lowest BCUT2D eigenvalue weighted by Crippen LogP contribution is -2.17. The summed E-state index contributed by atoms with van der Waals surface area (Å²) in [6, 6.07) is 0. The molecule has 0 radical (unpaired) electrons. The number of aliphatic hydroxyl groups excluding tert-OH is 1. The van der Waals surface area contributed by atoms with Crippen molar-refractivity contribution in [3.8, 4) is 0 Å². The van der Waals surface area contributed by atoms with Gasteiger partial charge in [-0.15, -0.1) is 0 Å². The zero-order valence-corrected chi connectivity index (χ0v) is 12.2. The minimum Gasteiger partial charge on any atom is -0.384 e. The maximum atomic E-state index is 10.1. The summed E-state index contributed by atoms with van der Waals surface area (Å²) in [6.45, 7) is 2.31. The topological polar surface area (TPSA) is 65.7 Å². The number of aromatic nitrogens is 2. The molecule has 1 unspecified atom stereocenters. The molecule has 1 aromatic rings. The van der Waals surface area contributed by atoms with Gasteiger partial charge in [-0.25, -0.2) is 0 Å². The van der Waals surface area contributed by atoms with Crippen LogP contribution in [0, 0.1) is 0 Å². The first-order valence-electron chi connectivity index (χ1n) is 5.65. The number of aliphatic hydroxyl groups is 1. The van der Waals surface area contributed by atoms with E-state index in [0.29, 0.717) is 32.1 Å². The minimum absolute atomic E-state index is 0.209. The van der Waals surface area contributed by atoms with Gasteiger partial charge in [0.1, 0.15) is 6.10 Å². The van der Waals surface area contributed by atoms with Gasteiger partial charge in [0, 0.05) is 14.2 Å². The van der Waals surface area contributed by atoms with Crippen LogP contribution in [0.25, 0.3) is 0 Å². The van der Waals surface area contributed by atoms with Gasteiger partial charge >= 0.3 is 0 Å². The van der Waals surface area contributed by atoms with Gasteiger partial charge in [0.15, 0.2) is 0 Å². The lowest BCUT2D eigenvalue weighted by molar-refractivity contribution is 0.00866. The molecule has 1 rings (SSSR count). The van der Waals surface area contributed by atoms with Crippen molar-refractivity contribution in [3.05, 3.63) is 16.4 Å². The summed E-state index contributed by atoms with van der Waals surface area (Å²) in [5.41, 5.74) is 0.699. The molecule has 104 valence electrons. The van der Waals surface area contributed by atoms with Crippen LogP contribution in [-0.2, 0) is 20.8 Å². The number of hydrogen-bond acceptors (Lipinski definition) is 5. The van der Waals surface area contributed by atoms with E-state index in [4.69, 9.17) is 14.2 Å². The molecular formula is C11H19BrN2O4. The summed E-state index contributed by atoms with van der Waals surface area (Å²) in [4.78, 5) is 0. The number of nitrogens with zero attached hydrogens (tertiary/aromatic N) is 2. The molecule has 0 aliphatic rings. The average Bonchev–Trinajstić information content (AvgIpc) is 2.73. The smallest absolute Gasteiger partial charge is 0.120 e. The number of halogens is 1. The van der Waals surface area contributed by atoms with Crippen molar-refractivity contribution in [1.82, 2.24) is 9.78 Å². The van der Waals surface area contributed by atoms with Crippen LogP contribution in [0.5, 0.6) is 0 Å². The SMILES string of the molecule is COCCOCC(O)c1c(Br)cnn1CCOC. The van der Waals surface area contributed by atoms with E-state index in [2.05, 4.69) is 21.0 Å². The summed E-state index contributed by atoms with van der Waals surface area (Å²) in [6.07, 6.45) is 0.930. The van der Waals surface area contributed by atoms with Gasteiger partial charge in [0.2, 0.25) is 0 Å². The van der Waals surface area contributed by atoms with Crippen LogP contribution in [-0.4, -0.2) is 55.5 Å². The summed E-state index contributed by atoms with van der Waals surface area (Å²) in [5, 5.41) is 14.2. The number of ether oxygens (including phenoxy) is 3. The molecule has 0 saturated heterocycles. The Morgan fingerprint density at radius 1 is 1.33 bits per heavy atom. The van der Waals surface area contributed by atoms with Crippen LogP contribution in [0.1, 0.15) is 11.8 Å². The molecule has 1 aromatic heterocycles. The summed E-state index contributed by atoms with van der Waals surface area (Å²) < 4.78 is 17.6. The Morgan fingerprint density at radius 3 is 2.72 bits per heavy atom. The first kappa shape index (κ1) is 15.6. The molecule has 1 heterocycles. The first-order valence-corrected chi connectivity index (χ1v) is 6.45. The quantitative estimate of drug-likeness (QED) is 0.687. The Labute approximate surface area is 115 Å². The first-order chi connectivity index (χ1) is 8.70. The Morgan fingerprint density at radius 2 is 2.06 bits per heavy atom. The maximum absolute atomic E-state index is 10.1. The second-order valence-corrected chi connectivity index (χ2v) is 4.53. The zero-order valence-electron chi connectivity index (χ0n) is 10.6. The normalized spacial score (nSPS) is 12.9. The largest absolute Gasteiger partial charge is 0.384 e. The molecule has 0 bridgehead atoms. The molecule has 0 spiro atoms. The number of hydrogen-bond donors (Lipinski definition) is 1. The Balaban J connectivity index is 2.54. The van der Waals surface area contributed by atoms with Gasteiger partial charge in [-0.1, -0.05) is 0 Å². The van der Waals surface area contributed by atoms with Crippen LogP contribution in [0.4, 0.5) is 0 Å². The van der Waals surface area contributed by atoms with Crippen molar-refractivity contribution >= 4 is 15.9 Å². The third kappa shape index (κ3) is 4.66. The molecule has 18 heavy (non-hydrogen) atoms. The van der Waals surface area contributed by atoms with Crippen LogP contribution >= 0.6 is 15.9 Å². The van der Waals surface area contributed by atoms with E-state index >= 15 is 0 Å². The lowest BCUT2D eigenvalue weighted by Gasteiger charge is -2.14. The van der Waals surface area contributed by atoms with E-state index in [9.17, 15) is 5.11 Å². The monoisotopic (exact) mass is 322 g/mol. The molecule has 0 aliphatic heterocycles. The molecule has 0 aromatic carbocycles. The second-order valence-electron chi connectivity index (χ2n) is 3.68. The Hall–Kier alpha value is -0.470. The van der Waals surface area contributed by atoms with E-state index in [1.54, 1.807) is 25.1 Å².